The maximum atomic E-state index is 13.7. The van der Waals surface area contributed by atoms with Gasteiger partial charge in [0.2, 0.25) is 5.91 Å². The van der Waals surface area contributed by atoms with E-state index in [0.29, 0.717) is 17.7 Å². The molecule has 2 aromatic rings. The monoisotopic (exact) mass is 352 g/mol. The zero-order valence-corrected chi connectivity index (χ0v) is 12.9. The minimum atomic E-state index is -1.78. The number of rotatable bonds is 6. The number of carbonyl (C=O) groups excluding carboxylic acids is 2. The van der Waals surface area contributed by atoms with Crippen molar-refractivity contribution in [3.8, 4) is 0 Å². The zero-order valence-electron chi connectivity index (χ0n) is 12.9. The van der Waals surface area contributed by atoms with Crippen molar-refractivity contribution in [2.75, 3.05) is 0 Å². The number of amides is 2. The van der Waals surface area contributed by atoms with Crippen LogP contribution in [0.1, 0.15) is 15.9 Å². The fraction of sp³-hybridized carbons (Fsp3) is 0.176. The van der Waals surface area contributed by atoms with Crippen molar-refractivity contribution in [1.82, 2.24) is 5.32 Å². The van der Waals surface area contributed by atoms with Gasteiger partial charge in [0.15, 0.2) is 6.10 Å². The number of aliphatic hydroxyl groups excluding tert-OH is 1. The minimum Gasteiger partial charge on any atom is -0.381 e. The summed E-state index contributed by atoms with van der Waals surface area (Å²) in [5.74, 6) is -6.33. The van der Waals surface area contributed by atoms with E-state index in [9.17, 15) is 27.9 Å². The minimum absolute atomic E-state index is 0.0128. The number of aliphatic hydroxyl groups is 1. The van der Waals surface area contributed by atoms with Crippen LogP contribution in [-0.2, 0) is 11.2 Å². The van der Waals surface area contributed by atoms with E-state index in [0.717, 1.165) is 0 Å². The van der Waals surface area contributed by atoms with Crippen molar-refractivity contribution in [3.05, 3.63) is 71.0 Å². The van der Waals surface area contributed by atoms with Gasteiger partial charge in [-0.3, -0.25) is 9.59 Å². The van der Waals surface area contributed by atoms with Gasteiger partial charge in [0.1, 0.15) is 23.0 Å². The molecule has 25 heavy (non-hydrogen) atoms. The van der Waals surface area contributed by atoms with Crippen LogP contribution in [0.3, 0.4) is 0 Å². The molecule has 0 saturated carbocycles. The molecule has 2 rings (SSSR count). The third-order valence-corrected chi connectivity index (χ3v) is 3.52. The maximum Gasteiger partial charge on any atom is 0.257 e. The Hall–Kier alpha value is -2.87. The summed E-state index contributed by atoms with van der Waals surface area (Å²) in [6.07, 6.45) is -1.79. The molecule has 0 saturated heterocycles. The van der Waals surface area contributed by atoms with E-state index in [-0.39, 0.29) is 6.42 Å². The number of nitrogens with one attached hydrogen (secondary N) is 1. The molecule has 132 valence electrons. The summed E-state index contributed by atoms with van der Waals surface area (Å²) < 4.78 is 40.4. The van der Waals surface area contributed by atoms with Crippen molar-refractivity contribution in [1.29, 1.82) is 0 Å². The Morgan fingerprint density at radius 1 is 1.08 bits per heavy atom. The molecule has 0 heterocycles. The van der Waals surface area contributed by atoms with Crippen molar-refractivity contribution in [2.45, 2.75) is 18.6 Å². The van der Waals surface area contributed by atoms with E-state index in [1.54, 1.807) is 30.3 Å². The molecule has 5 nitrogen and oxygen atoms in total. The summed E-state index contributed by atoms with van der Waals surface area (Å²) in [6, 6.07) is 7.97. The van der Waals surface area contributed by atoms with Crippen LogP contribution in [0.25, 0.3) is 0 Å². The smallest absolute Gasteiger partial charge is 0.257 e. The lowest BCUT2D eigenvalue weighted by Crippen LogP contribution is -2.50. The molecular weight excluding hydrogens is 337 g/mol. The summed E-state index contributed by atoms with van der Waals surface area (Å²) in [5, 5.41) is 12.1. The normalized spacial score (nSPS) is 13.1. The fourth-order valence-corrected chi connectivity index (χ4v) is 2.31. The first kappa shape index (κ1) is 18.5. The molecule has 0 spiro atoms. The fourth-order valence-electron chi connectivity index (χ4n) is 2.31. The molecule has 0 aliphatic carbocycles. The molecule has 0 aromatic heterocycles. The number of hydrogen-bond donors (Lipinski definition) is 3. The second-order valence-electron chi connectivity index (χ2n) is 5.36. The highest BCUT2D eigenvalue weighted by molar-refractivity contribution is 5.95. The van der Waals surface area contributed by atoms with Gasteiger partial charge in [-0.05, 0) is 12.0 Å². The molecule has 0 bridgehead atoms. The third-order valence-electron chi connectivity index (χ3n) is 3.52. The standard InChI is InChI=1S/C17H15F3N2O3/c18-10-7-11(19)14(12(20)8-10)17(25)22-13(15(23)16(21)24)6-9-4-2-1-3-5-9/h1-5,7-8,13,15,23H,6H2,(H2,21,24)(H,22,25)/t13-,15?/m0/s1. The summed E-state index contributed by atoms with van der Waals surface area (Å²) >= 11 is 0. The van der Waals surface area contributed by atoms with Gasteiger partial charge < -0.3 is 16.2 Å². The van der Waals surface area contributed by atoms with Crippen LogP contribution in [0.5, 0.6) is 0 Å². The van der Waals surface area contributed by atoms with Crippen LogP contribution in [0.2, 0.25) is 0 Å². The Morgan fingerprint density at radius 3 is 2.16 bits per heavy atom. The Balaban J connectivity index is 2.27. The van der Waals surface area contributed by atoms with Gasteiger partial charge in [0, 0.05) is 12.1 Å². The number of primary amides is 1. The van der Waals surface area contributed by atoms with E-state index >= 15 is 0 Å². The molecule has 4 N–H and O–H groups in total. The first-order valence-electron chi connectivity index (χ1n) is 7.26. The number of hydrogen-bond acceptors (Lipinski definition) is 3. The molecule has 8 heteroatoms. The lowest BCUT2D eigenvalue weighted by atomic mass is 10.00. The molecule has 2 atom stereocenters. The average Bonchev–Trinajstić information content (AvgIpc) is 2.53. The van der Waals surface area contributed by atoms with Crippen molar-refractivity contribution >= 4 is 11.8 Å². The second-order valence-corrected chi connectivity index (χ2v) is 5.36. The van der Waals surface area contributed by atoms with E-state index in [4.69, 9.17) is 5.73 Å². The van der Waals surface area contributed by atoms with Gasteiger partial charge in [0.05, 0.1) is 6.04 Å². The van der Waals surface area contributed by atoms with Crippen molar-refractivity contribution in [3.63, 3.8) is 0 Å². The Labute approximate surface area is 141 Å². The summed E-state index contributed by atoms with van der Waals surface area (Å²) in [7, 11) is 0. The first-order chi connectivity index (χ1) is 11.8. The van der Waals surface area contributed by atoms with Crippen LogP contribution < -0.4 is 11.1 Å². The molecule has 0 radical (unpaired) electrons. The average molecular weight is 352 g/mol. The molecule has 1 unspecified atom stereocenters. The topological polar surface area (TPSA) is 92.4 Å². The molecule has 2 aromatic carbocycles. The molecule has 2 amide bonds. The zero-order chi connectivity index (χ0) is 18.6. The van der Waals surface area contributed by atoms with Crippen LogP contribution >= 0.6 is 0 Å². The lowest BCUT2D eigenvalue weighted by Gasteiger charge is -2.22. The van der Waals surface area contributed by atoms with E-state index < -0.39 is 47.0 Å². The predicted molar refractivity (Wildman–Crippen MR) is 82.9 cm³/mol. The molecule has 0 fully saturated rings. The van der Waals surface area contributed by atoms with E-state index in [1.165, 1.54) is 0 Å². The summed E-state index contributed by atoms with van der Waals surface area (Å²) in [6.45, 7) is 0. The lowest BCUT2D eigenvalue weighted by molar-refractivity contribution is -0.127. The maximum absolute atomic E-state index is 13.7. The largest absolute Gasteiger partial charge is 0.381 e. The van der Waals surface area contributed by atoms with Gasteiger partial charge in [0.25, 0.3) is 5.91 Å². The Kier molecular flexibility index (Phi) is 5.76. The van der Waals surface area contributed by atoms with Gasteiger partial charge in [-0.15, -0.1) is 0 Å². The number of nitrogens with two attached hydrogens (primary N) is 1. The highest BCUT2D eigenvalue weighted by atomic mass is 19.1. The van der Waals surface area contributed by atoms with Crippen LogP contribution in [-0.4, -0.2) is 29.1 Å². The number of benzene rings is 2. The summed E-state index contributed by atoms with van der Waals surface area (Å²) in [5.41, 5.74) is 4.68. The first-order valence-corrected chi connectivity index (χ1v) is 7.26. The molecule has 0 aliphatic rings. The van der Waals surface area contributed by atoms with Crippen LogP contribution in [0.15, 0.2) is 42.5 Å². The van der Waals surface area contributed by atoms with Crippen molar-refractivity contribution < 1.29 is 27.9 Å². The number of carbonyl (C=O) groups is 2. The van der Waals surface area contributed by atoms with Crippen LogP contribution in [0, 0.1) is 17.5 Å². The van der Waals surface area contributed by atoms with Gasteiger partial charge in [-0.25, -0.2) is 13.2 Å². The number of halogens is 3. The summed E-state index contributed by atoms with van der Waals surface area (Å²) in [4.78, 5) is 23.4. The Bertz CT molecular complexity index is 761. The van der Waals surface area contributed by atoms with E-state index in [1.807, 2.05) is 0 Å². The highest BCUT2D eigenvalue weighted by Gasteiger charge is 2.28. The quantitative estimate of drug-likeness (QED) is 0.731. The predicted octanol–water partition coefficient (Wildman–Crippen LogP) is 1.29. The van der Waals surface area contributed by atoms with Crippen molar-refractivity contribution in [2.24, 2.45) is 5.73 Å². The SMILES string of the molecule is NC(=O)C(O)[C@H](Cc1ccccc1)NC(=O)c1c(F)cc(F)cc1F. The second kappa shape index (κ2) is 7.80. The Morgan fingerprint density at radius 2 is 1.64 bits per heavy atom. The molecular formula is C17H15F3N2O3. The van der Waals surface area contributed by atoms with Gasteiger partial charge in [-0.1, -0.05) is 30.3 Å². The van der Waals surface area contributed by atoms with Crippen LogP contribution in [0.4, 0.5) is 13.2 Å². The highest BCUT2D eigenvalue weighted by Crippen LogP contribution is 2.16. The molecule has 0 aliphatic heterocycles. The van der Waals surface area contributed by atoms with Gasteiger partial charge >= 0.3 is 0 Å². The third kappa shape index (κ3) is 4.57. The van der Waals surface area contributed by atoms with Gasteiger partial charge in [-0.2, -0.15) is 0 Å². The van der Waals surface area contributed by atoms with E-state index in [2.05, 4.69) is 5.32 Å².